The van der Waals surface area contributed by atoms with Gasteiger partial charge in [-0.1, -0.05) is 60.7 Å². The molecular formula is C17H17NO2. The molecule has 3 heteroatoms. The van der Waals surface area contributed by atoms with Crippen molar-refractivity contribution >= 4 is 5.97 Å². The van der Waals surface area contributed by atoms with Gasteiger partial charge in [-0.3, -0.25) is 10.1 Å². The lowest BCUT2D eigenvalue weighted by Gasteiger charge is -2.30. The maximum absolute atomic E-state index is 11.9. The molecule has 0 spiro atoms. The Kier molecular flexibility index (Phi) is 3.79. The molecule has 102 valence electrons. The summed E-state index contributed by atoms with van der Waals surface area (Å²) < 4.78 is 5.33. The first-order valence-corrected chi connectivity index (χ1v) is 6.84. The first-order chi connectivity index (χ1) is 9.83. The van der Waals surface area contributed by atoms with Crippen molar-refractivity contribution in [1.82, 2.24) is 5.32 Å². The highest BCUT2D eigenvalue weighted by atomic mass is 16.5. The molecule has 2 aromatic rings. The second kappa shape index (κ2) is 5.88. The number of esters is 1. The van der Waals surface area contributed by atoms with Crippen molar-refractivity contribution in [2.75, 3.05) is 6.61 Å². The van der Waals surface area contributed by atoms with E-state index in [0.29, 0.717) is 13.0 Å². The number of carbonyl (C=O) groups excluding carboxylic acids is 1. The summed E-state index contributed by atoms with van der Waals surface area (Å²) in [6.07, 6.45) is 0.656. The Labute approximate surface area is 118 Å². The molecule has 1 saturated heterocycles. The van der Waals surface area contributed by atoms with Crippen LogP contribution in [0.3, 0.4) is 0 Å². The van der Waals surface area contributed by atoms with Crippen LogP contribution < -0.4 is 5.32 Å². The van der Waals surface area contributed by atoms with Gasteiger partial charge >= 0.3 is 5.97 Å². The fraction of sp³-hybridized carbons (Fsp3) is 0.235. The molecule has 0 aliphatic carbocycles. The van der Waals surface area contributed by atoms with E-state index >= 15 is 0 Å². The quantitative estimate of drug-likeness (QED) is 0.868. The zero-order valence-electron chi connectivity index (χ0n) is 11.2. The lowest BCUT2D eigenvalue weighted by atomic mass is 10.0. The van der Waals surface area contributed by atoms with Gasteiger partial charge in [-0.2, -0.15) is 0 Å². The fourth-order valence-electron chi connectivity index (χ4n) is 2.49. The first-order valence-electron chi connectivity index (χ1n) is 6.84. The van der Waals surface area contributed by atoms with E-state index in [1.165, 1.54) is 0 Å². The molecule has 0 amide bonds. The smallest absolute Gasteiger partial charge is 0.323 e. The lowest BCUT2D eigenvalue weighted by Crippen LogP contribution is -2.48. The number of benzene rings is 2. The highest BCUT2D eigenvalue weighted by Gasteiger charge is 2.30. The van der Waals surface area contributed by atoms with Gasteiger partial charge in [0.1, 0.15) is 12.6 Å². The van der Waals surface area contributed by atoms with Crippen LogP contribution in [0.5, 0.6) is 0 Å². The maximum atomic E-state index is 11.9. The van der Waals surface area contributed by atoms with E-state index in [1.54, 1.807) is 0 Å². The van der Waals surface area contributed by atoms with Gasteiger partial charge in [0.2, 0.25) is 0 Å². The summed E-state index contributed by atoms with van der Waals surface area (Å²) in [5.74, 6) is -0.166. The topological polar surface area (TPSA) is 38.3 Å². The Morgan fingerprint density at radius 1 is 1.00 bits per heavy atom. The number of hydrogen-bond acceptors (Lipinski definition) is 3. The second-order valence-electron chi connectivity index (χ2n) is 5.00. The monoisotopic (exact) mass is 267 g/mol. The molecule has 0 bridgehead atoms. The Morgan fingerprint density at radius 2 is 1.65 bits per heavy atom. The van der Waals surface area contributed by atoms with Crippen LogP contribution in [0.15, 0.2) is 60.7 Å². The molecule has 3 rings (SSSR count). The fourth-order valence-corrected chi connectivity index (χ4v) is 2.49. The minimum Gasteiger partial charge on any atom is -0.462 e. The largest absolute Gasteiger partial charge is 0.462 e. The van der Waals surface area contributed by atoms with E-state index in [4.69, 9.17) is 4.74 Å². The first kappa shape index (κ1) is 12.9. The lowest BCUT2D eigenvalue weighted by molar-refractivity contribution is -0.151. The van der Waals surface area contributed by atoms with Crippen LogP contribution in [0.25, 0.3) is 0 Å². The average molecular weight is 267 g/mol. The van der Waals surface area contributed by atoms with Crippen molar-refractivity contribution in [2.45, 2.75) is 18.5 Å². The van der Waals surface area contributed by atoms with E-state index in [0.717, 1.165) is 11.1 Å². The SMILES string of the molecule is O=C1OC[C@@H](c2ccccc2)N[C@@H]1Cc1ccccc1. The summed E-state index contributed by atoms with van der Waals surface area (Å²) in [4.78, 5) is 11.9. The van der Waals surface area contributed by atoms with Crippen LogP contribution in [0.4, 0.5) is 0 Å². The number of rotatable bonds is 3. The van der Waals surface area contributed by atoms with Crippen LogP contribution >= 0.6 is 0 Å². The van der Waals surface area contributed by atoms with E-state index in [2.05, 4.69) is 17.4 Å². The van der Waals surface area contributed by atoms with Crippen LogP contribution in [0.1, 0.15) is 17.2 Å². The number of ether oxygens (including phenoxy) is 1. The van der Waals surface area contributed by atoms with Crippen molar-refractivity contribution in [1.29, 1.82) is 0 Å². The Bertz CT molecular complexity index is 568. The molecule has 2 atom stereocenters. The Hall–Kier alpha value is -2.13. The van der Waals surface area contributed by atoms with E-state index < -0.39 is 0 Å². The van der Waals surface area contributed by atoms with Crippen molar-refractivity contribution in [3.05, 3.63) is 71.8 Å². The molecule has 1 aliphatic rings. The van der Waals surface area contributed by atoms with Gasteiger partial charge in [0.05, 0.1) is 6.04 Å². The van der Waals surface area contributed by atoms with Gasteiger partial charge in [0.15, 0.2) is 0 Å². The molecule has 20 heavy (non-hydrogen) atoms. The van der Waals surface area contributed by atoms with E-state index in [-0.39, 0.29) is 18.1 Å². The van der Waals surface area contributed by atoms with Crippen LogP contribution in [0, 0.1) is 0 Å². The van der Waals surface area contributed by atoms with Crippen molar-refractivity contribution in [3.63, 3.8) is 0 Å². The predicted octanol–water partition coefficient (Wildman–Crippen LogP) is 2.49. The normalized spacial score (nSPS) is 22.3. The molecule has 1 N–H and O–H groups in total. The second-order valence-corrected chi connectivity index (χ2v) is 5.00. The van der Waals surface area contributed by atoms with Gasteiger partial charge in [-0.25, -0.2) is 0 Å². The van der Waals surface area contributed by atoms with E-state index in [9.17, 15) is 4.79 Å². The molecule has 0 saturated carbocycles. The zero-order valence-corrected chi connectivity index (χ0v) is 11.2. The van der Waals surface area contributed by atoms with E-state index in [1.807, 2.05) is 48.5 Å². The minimum atomic E-state index is -0.281. The van der Waals surface area contributed by atoms with Crippen LogP contribution in [0.2, 0.25) is 0 Å². The zero-order chi connectivity index (χ0) is 13.8. The molecule has 1 fully saturated rings. The van der Waals surface area contributed by atoms with Gasteiger partial charge in [-0.15, -0.1) is 0 Å². The van der Waals surface area contributed by atoms with Crippen LogP contribution in [-0.2, 0) is 16.0 Å². The maximum Gasteiger partial charge on any atom is 0.323 e. The van der Waals surface area contributed by atoms with Crippen molar-refractivity contribution in [2.24, 2.45) is 0 Å². The summed E-state index contributed by atoms with van der Waals surface area (Å²) >= 11 is 0. The summed E-state index contributed by atoms with van der Waals surface area (Å²) in [5, 5.41) is 3.39. The highest BCUT2D eigenvalue weighted by molar-refractivity contribution is 5.77. The Morgan fingerprint density at radius 3 is 2.35 bits per heavy atom. The summed E-state index contributed by atoms with van der Waals surface area (Å²) in [6.45, 7) is 0.397. The van der Waals surface area contributed by atoms with Gasteiger partial charge in [0.25, 0.3) is 0 Å². The molecule has 0 radical (unpaired) electrons. The summed E-state index contributed by atoms with van der Waals surface area (Å²) in [6, 6.07) is 19.9. The number of hydrogen-bond donors (Lipinski definition) is 1. The standard InChI is InChI=1S/C17H17NO2/c19-17-15(11-13-7-3-1-4-8-13)18-16(12-20-17)14-9-5-2-6-10-14/h1-10,15-16,18H,11-12H2/t15-,16+/m1/s1. The summed E-state index contributed by atoms with van der Waals surface area (Å²) in [7, 11) is 0. The third kappa shape index (κ3) is 2.89. The number of carbonyl (C=O) groups is 1. The molecule has 1 heterocycles. The molecule has 2 aromatic carbocycles. The van der Waals surface area contributed by atoms with Crippen molar-refractivity contribution in [3.8, 4) is 0 Å². The number of cyclic esters (lactones) is 1. The molecule has 1 aliphatic heterocycles. The Balaban J connectivity index is 1.72. The minimum absolute atomic E-state index is 0.0719. The van der Waals surface area contributed by atoms with Gasteiger partial charge < -0.3 is 4.74 Å². The third-order valence-corrected chi connectivity index (χ3v) is 3.56. The van der Waals surface area contributed by atoms with Crippen molar-refractivity contribution < 1.29 is 9.53 Å². The average Bonchev–Trinajstić information content (AvgIpc) is 2.51. The van der Waals surface area contributed by atoms with Gasteiger partial charge in [-0.05, 0) is 17.5 Å². The third-order valence-electron chi connectivity index (χ3n) is 3.56. The van der Waals surface area contributed by atoms with Gasteiger partial charge in [0, 0.05) is 0 Å². The summed E-state index contributed by atoms with van der Waals surface area (Å²) in [5.41, 5.74) is 2.29. The molecular weight excluding hydrogens is 250 g/mol. The van der Waals surface area contributed by atoms with Crippen LogP contribution in [-0.4, -0.2) is 18.6 Å². The number of morpholine rings is 1. The highest BCUT2D eigenvalue weighted by Crippen LogP contribution is 2.19. The molecule has 0 aromatic heterocycles. The number of nitrogens with one attached hydrogen (secondary N) is 1. The molecule has 3 nitrogen and oxygen atoms in total. The molecule has 0 unspecified atom stereocenters. The predicted molar refractivity (Wildman–Crippen MR) is 77.2 cm³/mol.